The molecule has 138 valence electrons. The SMILES string of the molecule is COc1cc(/C=C2\NC(=S)N(c3ccc(Cl)cc3)C2=O)cc([N+](=O)[O-])c1O. The average Bonchev–Trinajstić information content (AvgIpc) is 2.90. The first-order valence-corrected chi connectivity index (χ1v) is 8.28. The zero-order valence-electron chi connectivity index (χ0n) is 13.8. The smallest absolute Gasteiger partial charge is 0.315 e. The Morgan fingerprint density at radius 1 is 1.33 bits per heavy atom. The number of amides is 1. The fourth-order valence-corrected chi connectivity index (χ4v) is 2.94. The van der Waals surface area contributed by atoms with E-state index in [1.165, 1.54) is 24.2 Å². The van der Waals surface area contributed by atoms with Crippen LogP contribution in [0.15, 0.2) is 42.1 Å². The Bertz CT molecular complexity index is 991. The van der Waals surface area contributed by atoms with Gasteiger partial charge in [-0.1, -0.05) is 11.6 Å². The van der Waals surface area contributed by atoms with Crippen LogP contribution in [0, 0.1) is 10.1 Å². The van der Waals surface area contributed by atoms with E-state index < -0.39 is 22.3 Å². The first kappa shape index (κ1) is 18.6. The highest BCUT2D eigenvalue weighted by atomic mass is 35.5. The monoisotopic (exact) mass is 405 g/mol. The van der Waals surface area contributed by atoms with E-state index in [1.54, 1.807) is 24.3 Å². The summed E-state index contributed by atoms with van der Waals surface area (Å²) in [4.78, 5) is 24.4. The second-order valence-electron chi connectivity index (χ2n) is 5.45. The summed E-state index contributed by atoms with van der Waals surface area (Å²) in [7, 11) is 1.27. The first-order chi connectivity index (χ1) is 12.8. The molecule has 2 aromatic carbocycles. The molecule has 1 fully saturated rings. The number of nitro benzene ring substituents is 1. The number of thiocarbonyl (C=S) groups is 1. The summed E-state index contributed by atoms with van der Waals surface area (Å²) in [5, 5.41) is 24.4. The van der Waals surface area contributed by atoms with Gasteiger partial charge >= 0.3 is 5.69 Å². The molecule has 2 N–H and O–H groups in total. The molecule has 1 amide bonds. The van der Waals surface area contributed by atoms with Crippen LogP contribution in [0.1, 0.15) is 5.56 Å². The number of nitrogens with zero attached hydrogens (tertiary/aromatic N) is 2. The van der Waals surface area contributed by atoms with Crippen LogP contribution in [0.4, 0.5) is 11.4 Å². The number of benzene rings is 2. The molecule has 1 aliphatic rings. The normalized spacial score (nSPS) is 15.2. The number of ether oxygens (including phenoxy) is 1. The van der Waals surface area contributed by atoms with E-state index >= 15 is 0 Å². The predicted octanol–water partition coefficient (Wildman–Crippen LogP) is 3.22. The van der Waals surface area contributed by atoms with Crippen LogP contribution in [-0.4, -0.2) is 28.2 Å². The summed E-state index contributed by atoms with van der Waals surface area (Å²) in [6.07, 6.45) is 1.39. The molecule has 0 spiro atoms. The third-order valence-corrected chi connectivity index (χ3v) is 4.30. The van der Waals surface area contributed by atoms with Crippen molar-refractivity contribution in [2.75, 3.05) is 12.0 Å². The number of nitro groups is 1. The number of hydrogen-bond acceptors (Lipinski definition) is 6. The van der Waals surface area contributed by atoms with Gasteiger partial charge in [-0.05, 0) is 54.2 Å². The number of halogens is 1. The minimum atomic E-state index is -0.742. The summed E-state index contributed by atoms with van der Waals surface area (Å²) in [5.74, 6) is -1.11. The molecule has 0 saturated carbocycles. The van der Waals surface area contributed by atoms with E-state index in [2.05, 4.69) is 5.32 Å². The molecule has 0 unspecified atom stereocenters. The number of phenolic OH excluding ortho intramolecular Hbond substituents is 1. The molecule has 8 nitrogen and oxygen atoms in total. The second kappa shape index (κ2) is 7.22. The summed E-state index contributed by atoms with van der Waals surface area (Å²) in [6, 6.07) is 9.05. The lowest BCUT2D eigenvalue weighted by Gasteiger charge is -2.13. The Hall–Kier alpha value is -3.17. The summed E-state index contributed by atoms with van der Waals surface area (Å²) in [5.41, 5.74) is 0.397. The minimum absolute atomic E-state index is 0.0846. The third-order valence-electron chi connectivity index (χ3n) is 3.77. The number of anilines is 1. The van der Waals surface area contributed by atoms with Crippen LogP contribution >= 0.6 is 23.8 Å². The van der Waals surface area contributed by atoms with Crippen LogP contribution in [0.5, 0.6) is 11.5 Å². The van der Waals surface area contributed by atoms with Crippen LogP contribution in [-0.2, 0) is 4.79 Å². The van der Waals surface area contributed by atoms with E-state index in [-0.39, 0.29) is 22.1 Å². The molecule has 1 saturated heterocycles. The number of aromatic hydroxyl groups is 1. The van der Waals surface area contributed by atoms with E-state index in [0.717, 1.165) is 6.07 Å². The Balaban J connectivity index is 2.00. The van der Waals surface area contributed by atoms with Gasteiger partial charge in [0.2, 0.25) is 5.75 Å². The fraction of sp³-hybridized carbons (Fsp3) is 0.0588. The summed E-state index contributed by atoms with van der Waals surface area (Å²) >= 11 is 11.1. The zero-order valence-corrected chi connectivity index (χ0v) is 15.4. The van der Waals surface area contributed by atoms with Crippen LogP contribution in [0.3, 0.4) is 0 Å². The standard InChI is InChI=1S/C17H12ClN3O5S/c1-26-14-8-9(7-13(15(14)22)21(24)25)6-12-16(23)20(17(27)19-12)11-4-2-10(18)3-5-11/h2-8,22H,1H3,(H,19,27)/b12-6-. The van der Waals surface area contributed by atoms with Crippen molar-refractivity contribution >= 4 is 52.3 Å². The molecular formula is C17H12ClN3O5S. The largest absolute Gasteiger partial charge is 0.500 e. The van der Waals surface area contributed by atoms with Crippen molar-refractivity contribution in [1.29, 1.82) is 0 Å². The van der Waals surface area contributed by atoms with Gasteiger partial charge in [-0.2, -0.15) is 0 Å². The molecule has 3 rings (SSSR count). The van der Waals surface area contributed by atoms with E-state index in [0.29, 0.717) is 10.7 Å². The minimum Gasteiger partial charge on any atom is -0.500 e. The summed E-state index contributed by atoms with van der Waals surface area (Å²) < 4.78 is 4.95. The highest BCUT2D eigenvalue weighted by molar-refractivity contribution is 7.80. The van der Waals surface area contributed by atoms with Gasteiger partial charge in [-0.25, -0.2) is 0 Å². The topological polar surface area (TPSA) is 105 Å². The van der Waals surface area contributed by atoms with Crippen molar-refractivity contribution in [3.05, 3.63) is 62.8 Å². The van der Waals surface area contributed by atoms with Gasteiger partial charge in [0.1, 0.15) is 5.70 Å². The van der Waals surface area contributed by atoms with Crippen LogP contribution < -0.4 is 15.0 Å². The van der Waals surface area contributed by atoms with E-state index in [9.17, 15) is 20.0 Å². The fourth-order valence-electron chi connectivity index (χ4n) is 2.52. The Morgan fingerprint density at radius 2 is 2.00 bits per heavy atom. The van der Waals surface area contributed by atoms with Gasteiger partial charge in [0.15, 0.2) is 10.9 Å². The van der Waals surface area contributed by atoms with Crippen molar-refractivity contribution in [2.45, 2.75) is 0 Å². The average molecular weight is 406 g/mol. The number of carbonyl (C=O) groups is 1. The maximum Gasteiger partial charge on any atom is 0.315 e. The second-order valence-corrected chi connectivity index (χ2v) is 6.28. The highest BCUT2D eigenvalue weighted by Crippen LogP contribution is 2.37. The molecule has 0 radical (unpaired) electrons. The molecular weight excluding hydrogens is 394 g/mol. The molecule has 1 heterocycles. The summed E-state index contributed by atoms with van der Waals surface area (Å²) in [6.45, 7) is 0. The first-order valence-electron chi connectivity index (χ1n) is 7.50. The highest BCUT2D eigenvalue weighted by Gasteiger charge is 2.32. The Morgan fingerprint density at radius 3 is 2.59 bits per heavy atom. The molecule has 0 bridgehead atoms. The number of hydrogen-bond donors (Lipinski definition) is 2. The Kier molecular flexibility index (Phi) is 4.98. The van der Waals surface area contributed by atoms with E-state index in [4.69, 9.17) is 28.6 Å². The van der Waals surface area contributed by atoms with Crippen LogP contribution in [0.25, 0.3) is 6.08 Å². The number of rotatable bonds is 4. The third kappa shape index (κ3) is 3.55. The maximum absolute atomic E-state index is 12.7. The lowest BCUT2D eigenvalue weighted by molar-refractivity contribution is -0.386. The molecule has 27 heavy (non-hydrogen) atoms. The Labute approximate surface area is 163 Å². The van der Waals surface area contributed by atoms with Crippen molar-refractivity contribution in [1.82, 2.24) is 5.32 Å². The number of nitrogens with one attached hydrogen (secondary N) is 1. The van der Waals surface area contributed by atoms with Crippen molar-refractivity contribution in [2.24, 2.45) is 0 Å². The molecule has 2 aromatic rings. The van der Waals surface area contributed by atoms with Crippen molar-refractivity contribution in [3.63, 3.8) is 0 Å². The van der Waals surface area contributed by atoms with Gasteiger partial charge in [0.25, 0.3) is 5.91 Å². The lowest BCUT2D eigenvalue weighted by Crippen LogP contribution is -2.30. The van der Waals surface area contributed by atoms with Gasteiger partial charge in [0.05, 0.1) is 17.7 Å². The zero-order chi connectivity index (χ0) is 19.7. The molecule has 0 aromatic heterocycles. The number of phenols is 1. The maximum atomic E-state index is 12.7. The van der Waals surface area contributed by atoms with Gasteiger partial charge < -0.3 is 15.2 Å². The van der Waals surface area contributed by atoms with Crippen molar-refractivity contribution in [3.8, 4) is 11.5 Å². The van der Waals surface area contributed by atoms with Gasteiger partial charge in [-0.15, -0.1) is 0 Å². The van der Waals surface area contributed by atoms with Crippen molar-refractivity contribution < 1.29 is 19.6 Å². The van der Waals surface area contributed by atoms with Gasteiger partial charge in [-0.3, -0.25) is 19.8 Å². The van der Waals surface area contributed by atoms with Crippen LogP contribution in [0.2, 0.25) is 5.02 Å². The lowest BCUT2D eigenvalue weighted by atomic mass is 10.1. The molecule has 1 aliphatic heterocycles. The quantitative estimate of drug-likeness (QED) is 0.348. The molecule has 0 aliphatic carbocycles. The number of methoxy groups -OCH3 is 1. The predicted molar refractivity (Wildman–Crippen MR) is 104 cm³/mol. The number of carbonyl (C=O) groups excluding carboxylic acids is 1. The van der Waals surface area contributed by atoms with E-state index in [1.807, 2.05) is 0 Å². The molecule has 0 atom stereocenters. The van der Waals surface area contributed by atoms with Gasteiger partial charge in [0, 0.05) is 11.1 Å². The molecule has 10 heteroatoms.